The van der Waals surface area contributed by atoms with Crippen molar-refractivity contribution < 1.29 is 0 Å². The lowest BCUT2D eigenvalue weighted by molar-refractivity contribution is 0.893. The summed E-state index contributed by atoms with van der Waals surface area (Å²) in [6, 6.07) is 11.6. The molecule has 0 aromatic carbocycles. The summed E-state index contributed by atoms with van der Waals surface area (Å²) in [5, 5.41) is 0. The molecule has 17 heavy (non-hydrogen) atoms. The van der Waals surface area contributed by atoms with Crippen molar-refractivity contribution in [1.82, 2.24) is 9.97 Å². The van der Waals surface area contributed by atoms with Gasteiger partial charge >= 0.3 is 0 Å². The van der Waals surface area contributed by atoms with Crippen LogP contribution in [-0.2, 0) is 0 Å². The lowest BCUT2D eigenvalue weighted by Crippen LogP contribution is -2.22. The molecule has 2 aromatic rings. The van der Waals surface area contributed by atoms with Crippen molar-refractivity contribution in [2.45, 2.75) is 0 Å². The van der Waals surface area contributed by atoms with Crippen LogP contribution in [0.15, 0.2) is 53.8 Å². The number of nitrogens with zero attached hydrogens (tertiary/aromatic N) is 4. The topological polar surface area (TPSA) is 41.4 Å². The maximum absolute atomic E-state index is 4.33. The molecule has 0 atom stereocenters. The Hall–Kier alpha value is -2.23. The molecular weight excluding hydrogens is 212 g/mol. The molecule has 0 amide bonds. The van der Waals surface area contributed by atoms with E-state index in [2.05, 4.69) is 21.7 Å². The Bertz CT molecular complexity index is 416. The van der Waals surface area contributed by atoms with E-state index in [0.29, 0.717) is 6.54 Å². The smallest absolute Gasteiger partial charge is 0.134 e. The molecule has 4 heteroatoms. The van der Waals surface area contributed by atoms with Crippen molar-refractivity contribution in [3.05, 3.63) is 48.8 Å². The summed E-state index contributed by atoms with van der Waals surface area (Å²) in [6.07, 6.45) is 3.54. The highest BCUT2D eigenvalue weighted by Gasteiger charge is 2.09. The minimum atomic E-state index is 0.646. The molecule has 0 aliphatic heterocycles. The SMILES string of the molecule is C=NCCN(c1ccccn1)c1ccccn1. The van der Waals surface area contributed by atoms with Gasteiger partial charge in [-0.3, -0.25) is 4.99 Å². The Morgan fingerprint density at radius 2 is 1.59 bits per heavy atom. The van der Waals surface area contributed by atoms with Crippen molar-refractivity contribution in [3.63, 3.8) is 0 Å². The van der Waals surface area contributed by atoms with E-state index in [1.165, 1.54) is 0 Å². The zero-order valence-electron chi connectivity index (χ0n) is 9.53. The summed E-state index contributed by atoms with van der Waals surface area (Å²) in [7, 11) is 0. The van der Waals surface area contributed by atoms with Crippen LogP contribution >= 0.6 is 0 Å². The monoisotopic (exact) mass is 226 g/mol. The summed E-state index contributed by atoms with van der Waals surface area (Å²) in [6.45, 7) is 4.87. The molecule has 0 spiro atoms. The third kappa shape index (κ3) is 2.87. The quantitative estimate of drug-likeness (QED) is 0.735. The predicted octanol–water partition coefficient (Wildman–Crippen LogP) is 2.32. The third-order valence-corrected chi connectivity index (χ3v) is 2.33. The van der Waals surface area contributed by atoms with Crippen LogP contribution in [0.2, 0.25) is 0 Å². The van der Waals surface area contributed by atoms with Gasteiger partial charge in [0, 0.05) is 18.9 Å². The van der Waals surface area contributed by atoms with Gasteiger partial charge in [0.15, 0.2) is 0 Å². The molecular formula is C13H14N4. The van der Waals surface area contributed by atoms with Crippen molar-refractivity contribution in [3.8, 4) is 0 Å². The fourth-order valence-electron chi connectivity index (χ4n) is 1.54. The van der Waals surface area contributed by atoms with E-state index in [4.69, 9.17) is 0 Å². The minimum absolute atomic E-state index is 0.646. The van der Waals surface area contributed by atoms with E-state index in [1.807, 2.05) is 41.3 Å². The van der Waals surface area contributed by atoms with E-state index in [1.54, 1.807) is 12.4 Å². The van der Waals surface area contributed by atoms with Crippen LogP contribution in [0, 0.1) is 0 Å². The van der Waals surface area contributed by atoms with Crippen molar-refractivity contribution in [2.24, 2.45) is 4.99 Å². The van der Waals surface area contributed by atoms with Crippen molar-refractivity contribution >= 4 is 18.4 Å². The molecule has 2 rings (SSSR count). The van der Waals surface area contributed by atoms with E-state index in [0.717, 1.165) is 18.2 Å². The zero-order chi connectivity index (χ0) is 11.9. The molecule has 2 heterocycles. The summed E-state index contributed by atoms with van der Waals surface area (Å²) in [5.41, 5.74) is 0. The summed E-state index contributed by atoms with van der Waals surface area (Å²) < 4.78 is 0. The van der Waals surface area contributed by atoms with Gasteiger partial charge in [-0.25, -0.2) is 9.97 Å². The Labute approximate surface area is 101 Å². The first-order chi connectivity index (χ1) is 8.42. The second-order valence-electron chi connectivity index (χ2n) is 3.47. The average Bonchev–Trinajstić information content (AvgIpc) is 2.42. The maximum atomic E-state index is 4.33. The minimum Gasteiger partial charge on any atom is -0.309 e. The number of hydrogen-bond acceptors (Lipinski definition) is 4. The van der Waals surface area contributed by atoms with Crippen LogP contribution in [0.5, 0.6) is 0 Å². The molecule has 0 saturated heterocycles. The van der Waals surface area contributed by atoms with Crippen LogP contribution in [0.4, 0.5) is 11.6 Å². The summed E-state index contributed by atoms with van der Waals surface area (Å²) >= 11 is 0. The second kappa shape index (κ2) is 5.75. The van der Waals surface area contributed by atoms with E-state index in [9.17, 15) is 0 Å². The van der Waals surface area contributed by atoms with Crippen molar-refractivity contribution in [1.29, 1.82) is 0 Å². The number of pyridine rings is 2. The Morgan fingerprint density at radius 1 is 1.00 bits per heavy atom. The zero-order valence-corrected chi connectivity index (χ0v) is 9.53. The van der Waals surface area contributed by atoms with Gasteiger partial charge in [0.2, 0.25) is 0 Å². The molecule has 0 aliphatic carbocycles. The van der Waals surface area contributed by atoms with Gasteiger partial charge < -0.3 is 4.90 Å². The van der Waals surface area contributed by atoms with Gasteiger partial charge in [0.1, 0.15) is 11.6 Å². The summed E-state index contributed by atoms with van der Waals surface area (Å²) in [4.78, 5) is 14.6. The normalized spacial score (nSPS) is 9.88. The molecule has 0 fully saturated rings. The third-order valence-electron chi connectivity index (χ3n) is 2.33. The van der Waals surface area contributed by atoms with Crippen LogP contribution in [0.25, 0.3) is 0 Å². The van der Waals surface area contributed by atoms with E-state index in [-0.39, 0.29) is 0 Å². The fourth-order valence-corrected chi connectivity index (χ4v) is 1.54. The molecule has 0 N–H and O–H groups in total. The highest BCUT2D eigenvalue weighted by atomic mass is 15.2. The Kier molecular flexibility index (Phi) is 3.81. The van der Waals surface area contributed by atoms with Gasteiger partial charge in [-0.1, -0.05) is 12.1 Å². The number of rotatable bonds is 5. The largest absolute Gasteiger partial charge is 0.309 e. The molecule has 2 aromatic heterocycles. The lowest BCUT2D eigenvalue weighted by Gasteiger charge is -2.21. The van der Waals surface area contributed by atoms with Gasteiger partial charge in [-0.15, -0.1) is 0 Å². The number of aliphatic imine (C=N–C) groups is 1. The van der Waals surface area contributed by atoms with E-state index < -0.39 is 0 Å². The van der Waals surface area contributed by atoms with Gasteiger partial charge in [-0.05, 0) is 31.0 Å². The molecule has 4 nitrogen and oxygen atoms in total. The molecule has 86 valence electrons. The standard InChI is InChI=1S/C13H14N4/c1-14-10-11-17(12-6-2-4-8-15-12)13-7-3-5-9-16-13/h2-9H,1,10-11H2. The van der Waals surface area contributed by atoms with Crippen LogP contribution < -0.4 is 4.90 Å². The number of hydrogen-bond donors (Lipinski definition) is 0. The highest BCUT2D eigenvalue weighted by molar-refractivity contribution is 5.55. The number of anilines is 2. The van der Waals surface area contributed by atoms with Crippen LogP contribution in [-0.4, -0.2) is 29.8 Å². The molecule has 0 unspecified atom stereocenters. The van der Waals surface area contributed by atoms with E-state index >= 15 is 0 Å². The number of aromatic nitrogens is 2. The molecule has 0 saturated carbocycles. The van der Waals surface area contributed by atoms with Crippen molar-refractivity contribution in [2.75, 3.05) is 18.0 Å². The lowest BCUT2D eigenvalue weighted by atomic mass is 10.3. The van der Waals surface area contributed by atoms with Crippen LogP contribution in [0.1, 0.15) is 0 Å². The molecule has 0 radical (unpaired) electrons. The molecule has 0 aliphatic rings. The van der Waals surface area contributed by atoms with Gasteiger partial charge in [0.05, 0.1) is 6.54 Å². The Balaban J connectivity index is 2.29. The molecule has 0 bridgehead atoms. The fraction of sp³-hybridized carbons (Fsp3) is 0.154. The highest BCUT2D eigenvalue weighted by Crippen LogP contribution is 2.19. The summed E-state index contributed by atoms with van der Waals surface area (Å²) in [5.74, 6) is 1.74. The van der Waals surface area contributed by atoms with Gasteiger partial charge in [-0.2, -0.15) is 0 Å². The van der Waals surface area contributed by atoms with Gasteiger partial charge in [0.25, 0.3) is 0 Å². The second-order valence-corrected chi connectivity index (χ2v) is 3.47. The first-order valence-corrected chi connectivity index (χ1v) is 5.44. The Morgan fingerprint density at radius 3 is 2.00 bits per heavy atom. The first kappa shape index (κ1) is 11.3. The van der Waals surface area contributed by atoms with Crippen LogP contribution in [0.3, 0.4) is 0 Å². The predicted molar refractivity (Wildman–Crippen MR) is 69.9 cm³/mol. The first-order valence-electron chi connectivity index (χ1n) is 5.44. The average molecular weight is 226 g/mol. The maximum Gasteiger partial charge on any atom is 0.134 e.